The van der Waals surface area contributed by atoms with Crippen molar-refractivity contribution in [3.8, 4) is 0 Å². The average molecular weight is 507 g/mol. The summed E-state index contributed by atoms with van der Waals surface area (Å²) in [5, 5.41) is 25.4. The van der Waals surface area contributed by atoms with Crippen molar-refractivity contribution in [2.24, 2.45) is 5.73 Å². The van der Waals surface area contributed by atoms with Crippen molar-refractivity contribution in [1.82, 2.24) is 15.5 Å². The molecule has 0 bridgehead atoms. The number of carbonyl (C=O) groups excluding carboxylic acids is 4. The fourth-order valence-corrected chi connectivity index (χ4v) is 3.93. The first kappa shape index (κ1) is 28.6. The Labute approximate surface area is 209 Å². The van der Waals surface area contributed by atoms with Gasteiger partial charge >= 0.3 is 12.1 Å². The van der Waals surface area contributed by atoms with Crippen molar-refractivity contribution in [3.63, 3.8) is 0 Å². The molecule has 12 nitrogen and oxygen atoms in total. The Morgan fingerprint density at radius 3 is 2.39 bits per heavy atom. The molecule has 1 aliphatic rings. The lowest BCUT2D eigenvalue weighted by Crippen LogP contribution is -2.64. The van der Waals surface area contributed by atoms with E-state index in [0.717, 1.165) is 10.5 Å². The molecule has 198 valence electrons. The number of aryl methyl sites for hydroxylation is 1. The van der Waals surface area contributed by atoms with Gasteiger partial charge in [-0.2, -0.15) is 0 Å². The molecule has 1 aromatic rings. The van der Waals surface area contributed by atoms with E-state index in [-0.39, 0.29) is 19.4 Å². The van der Waals surface area contributed by atoms with Crippen molar-refractivity contribution in [1.29, 1.82) is 0 Å². The zero-order valence-electron chi connectivity index (χ0n) is 20.7. The van der Waals surface area contributed by atoms with Crippen molar-refractivity contribution in [2.75, 3.05) is 6.54 Å². The second-order valence-corrected chi connectivity index (χ2v) is 9.63. The van der Waals surface area contributed by atoms with Gasteiger partial charge in [0, 0.05) is 13.0 Å². The van der Waals surface area contributed by atoms with Crippen LogP contribution in [0.1, 0.15) is 52.0 Å². The highest BCUT2D eigenvalue weighted by Crippen LogP contribution is 2.29. The highest BCUT2D eigenvalue weighted by atomic mass is 16.6. The Hall–Kier alpha value is -3.67. The minimum Gasteiger partial charge on any atom is -0.478 e. The van der Waals surface area contributed by atoms with Gasteiger partial charge in [-0.1, -0.05) is 30.3 Å². The first-order valence-electron chi connectivity index (χ1n) is 11.6. The molecule has 1 aliphatic heterocycles. The fourth-order valence-electron chi connectivity index (χ4n) is 3.93. The Kier molecular flexibility index (Phi) is 9.40. The largest absolute Gasteiger partial charge is 0.478 e. The minimum absolute atomic E-state index is 0.00431. The van der Waals surface area contributed by atoms with E-state index in [0.29, 0.717) is 12.8 Å². The zero-order valence-corrected chi connectivity index (χ0v) is 20.7. The third kappa shape index (κ3) is 7.67. The molecule has 0 unspecified atom stereocenters. The SMILES string of the molecule is CC(C)(C)OC(=O)N[C@@H](CC(N)=O)C(=O)N[C@H]1CCN(C(=O)CCCc2ccccc2)[C@@]1(O)C(=O)O. The summed E-state index contributed by atoms with van der Waals surface area (Å²) in [5.41, 5.74) is 2.62. The normalized spacial score (nSPS) is 20.3. The molecule has 3 atom stereocenters. The Balaban J connectivity index is 2.08. The number of hydrogen-bond acceptors (Lipinski definition) is 7. The molecule has 0 radical (unpaired) electrons. The maximum atomic E-state index is 12.9. The third-order valence-electron chi connectivity index (χ3n) is 5.58. The lowest BCUT2D eigenvalue weighted by atomic mass is 10.0. The molecule has 2 rings (SSSR count). The molecule has 4 amide bonds. The zero-order chi connectivity index (χ0) is 27.1. The number of rotatable bonds is 10. The van der Waals surface area contributed by atoms with Gasteiger partial charge in [0.25, 0.3) is 5.72 Å². The van der Waals surface area contributed by atoms with E-state index in [4.69, 9.17) is 10.5 Å². The monoisotopic (exact) mass is 506 g/mol. The van der Waals surface area contributed by atoms with Gasteiger partial charge in [0.05, 0.1) is 12.5 Å². The van der Waals surface area contributed by atoms with Crippen LogP contribution in [0, 0.1) is 0 Å². The minimum atomic E-state index is -2.71. The summed E-state index contributed by atoms with van der Waals surface area (Å²) in [6.07, 6.45) is -0.612. The summed E-state index contributed by atoms with van der Waals surface area (Å²) < 4.78 is 5.09. The summed E-state index contributed by atoms with van der Waals surface area (Å²) in [4.78, 5) is 62.1. The lowest BCUT2D eigenvalue weighted by molar-refractivity contribution is -0.186. The van der Waals surface area contributed by atoms with Gasteiger partial charge in [-0.3, -0.25) is 14.4 Å². The van der Waals surface area contributed by atoms with Crippen LogP contribution in [0.2, 0.25) is 0 Å². The van der Waals surface area contributed by atoms with Crippen LogP contribution < -0.4 is 16.4 Å². The predicted octanol–water partition coefficient (Wildman–Crippen LogP) is 0.268. The second-order valence-electron chi connectivity index (χ2n) is 9.63. The van der Waals surface area contributed by atoms with Crippen LogP contribution in [-0.2, 0) is 30.3 Å². The Morgan fingerprint density at radius 2 is 1.83 bits per heavy atom. The average Bonchev–Trinajstić information content (AvgIpc) is 3.09. The number of carboxylic acids is 1. The molecule has 1 fully saturated rings. The predicted molar refractivity (Wildman–Crippen MR) is 127 cm³/mol. The third-order valence-corrected chi connectivity index (χ3v) is 5.58. The molecule has 1 heterocycles. The van der Waals surface area contributed by atoms with Crippen molar-refractivity contribution in [3.05, 3.63) is 35.9 Å². The molecular weight excluding hydrogens is 472 g/mol. The summed E-state index contributed by atoms with van der Waals surface area (Å²) in [6, 6.07) is 6.56. The number of carboxylic acid groups (broad SMARTS) is 1. The van der Waals surface area contributed by atoms with Crippen LogP contribution in [0.25, 0.3) is 0 Å². The number of nitrogens with one attached hydrogen (secondary N) is 2. The molecule has 12 heteroatoms. The maximum absolute atomic E-state index is 12.9. The number of ether oxygens (including phenoxy) is 1. The number of aliphatic carboxylic acids is 1. The smallest absolute Gasteiger partial charge is 0.408 e. The number of nitrogens with two attached hydrogens (primary N) is 1. The first-order valence-corrected chi connectivity index (χ1v) is 11.6. The number of benzene rings is 1. The van der Waals surface area contributed by atoms with E-state index >= 15 is 0 Å². The van der Waals surface area contributed by atoms with E-state index in [1.807, 2.05) is 30.3 Å². The van der Waals surface area contributed by atoms with E-state index in [9.17, 15) is 34.2 Å². The molecule has 1 saturated heterocycles. The van der Waals surface area contributed by atoms with Crippen molar-refractivity contribution in [2.45, 2.75) is 76.3 Å². The van der Waals surface area contributed by atoms with Crippen LogP contribution in [-0.4, -0.2) is 74.9 Å². The number of primary amides is 1. The number of nitrogens with zero attached hydrogens (tertiary/aromatic N) is 1. The fraction of sp³-hybridized carbons (Fsp3) is 0.542. The van der Waals surface area contributed by atoms with Gasteiger partial charge in [-0.15, -0.1) is 0 Å². The number of amides is 4. The first-order chi connectivity index (χ1) is 16.7. The van der Waals surface area contributed by atoms with Crippen LogP contribution in [0.3, 0.4) is 0 Å². The van der Waals surface area contributed by atoms with Gasteiger partial charge < -0.3 is 36.2 Å². The quantitative estimate of drug-likeness (QED) is 0.299. The van der Waals surface area contributed by atoms with E-state index in [1.165, 1.54) is 0 Å². The van der Waals surface area contributed by atoms with E-state index < -0.39 is 59.6 Å². The standard InChI is InChI=1S/C24H34N4O8/c1-23(2,3)36-22(34)26-16(14-18(25)29)20(31)27-17-12-13-28(24(17,35)21(32)33)19(30)11-7-10-15-8-5-4-6-9-15/h4-6,8-9,16-17,35H,7,10-14H2,1-3H3,(H2,25,29)(H,26,34)(H,27,31)(H,32,33)/t16-,17-,24-/m0/s1. The van der Waals surface area contributed by atoms with E-state index in [1.54, 1.807) is 20.8 Å². The summed E-state index contributed by atoms with van der Waals surface area (Å²) in [7, 11) is 0. The number of hydrogen-bond donors (Lipinski definition) is 5. The lowest BCUT2D eigenvalue weighted by Gasteiger charge is -2.34. The Morgan fingerprint density at radius 1 is 1.19 bits per heavy atom. The van der Waals surface area contributed by atoms with Crippen molar-refractivity contribution < 1.29 is 38.9 Å². The molecule has 0 aromatic heterocycles. The second kappa shape index (κ2) is 11.8. The van der Waals surface area contributed by atoms with Gasteiger partial charge in [0.2, 0.25) is 17.7 Å². The molecule has 6 N–H and O–H groups in total. The van der Waals surface area contributed by atoms with Gasteiger partial charge in [-0.05, 0) is 45.6 Å². The number of aliphatic hydroxyl groups is 1. The molecule has 1 aromatic carbocycles. The number of carbonyl (C=O) groups is 5. The van der Waals surface area contributed by atoms with Crippen molar-refractivity contribution >= 4 is 29.8 Å². The van der Waals surface area contributed by atoms with Crippen LogP contribution in [0.4, 0.5) is 4.79 Å². The van der Waals surface area contributed by atoms with Gasteiger partial charge in [0.15, 0.2) is 0 Å². The van der Waals surface area contributed by atoms with Crippen LogP contribution in [0.15, 0.2) is 30.3 Å². The topological polar surface area (TPSA) is 188 Å². The van der Waals surface area contributed by atoms with Gasteiger partial charge in [0.1, 0.15) is 11.6 Å². The molecular formula is C24H34N4O8. The van der Waals surface area contributed by atoms with Crippen LogP contribution >= 0.6 is 0 Å². The summed E-state index contributed by atoms with van der Waals surface area (Å²) in [5.74, 6) is -4.15. The van der Waals surface area contributed by atoms with Gasteiger partial charge in [-0.25, -0.2) is 9.59 Å². The maximum Gasteiger partial charge on any atom is 0.408 e. The molecule has 0 spiro atoms. The highest BCUT2D eigenvalue weighted by Gasteiger charge is 2.56. The molecule has 0 saturated carbocycles. The summed E-state index contributed by atoms with van der Waals surface area (Å²) >= 11 is 0. The van der Waals surface area contributed by atoms with Crippen LogP contribution in [0.5, 0.6) is 0 Å². The van der Waals surface area contributed by atoms with E-state index in [2.05, 4.69) is 10.6 Å². The number of likely N-dealkylation sites (tertiary alicyclic amines) is 1. The summed E-state index contributed by atoms with van der Waals surface area (Å²) in [6.45, 7) is 4.70. The highest BCUT2D eigenvalue weighted by molar-refractivity contribution is 5.92. The molecule has 0 aliphatic carbocycles. The number of alkyl carbamates (subject to hydrolysis) is 1. The Bertz CT molecular complexity index is 978. The molecule has 36 heavy (non-hydrogen) atoms.